The summed E-state index contributed by atoms with van der Waals surface area (Å²) in [5.41, 5.74) is -1.01. The van der Waals surface area contributed by atoms with Crippen LogP contribution in [-0.4, -0.2) is 50.6 Å². The zero-order valence-corrected chi connectivity index (χ0v) is 18.0. The first-order valence-electron chi connectivity index (χ1n) is 7.81. The number of hydrogen-bond acceptors (Lipinski definition) is 5. The molecule has 0 bridgehead atoms. The Labute approximate surface area is 165 Å². The molecule has 24 heavy (non-hydrogen) atoms. The van der Waals surface area contributed by atoms with Crippen LogP contribution < -0.4 is 10.6 Å². The Hall–Kier alpha value is -0.390. The van der Waals surface area contributed by atoms with E-state index in [1.54, 1.807) is 6.92 Å². The highest BCUT2D eigenvalue weighted by atomic mass is 127. The van der Waals surface area contributed by atoms with Crippen molar-refractivity contribution in [1.82, 2.24) is 10.6 Å². The maximum Gasteiger partial charge on any atom is 0.191 e. The van der Waals surface area contributed by atoms with Gasteiger partial charge in [-0.05, 0) is 37.6 Å². The molecular formula is C15H26IN3O3S2. The Kier molecular flexibility index (Phi) is 8.43. The standard InChI is InChI=1S/C15H25N3O3S2.HI/c1-3-16-14(17-9-12-6-8-23(20,21)10-12)18-11-15(2,19)13-5-4-7-22-13;/h4-5,7,12,19H,3,6,8-11H2,1-2H3,(H2,16,17,18);1H. The van der Waals surface area contributed by atoms with Crippen LogP contribution in [-0.2, 0) is 15.4 Å². The number of aliphatic hydroxyl groups is 1. The predicted molar refractivity (Wildman–Crippen MR) is 110 cm³/mol. The van der Waals surface area contributed by atoms with Gasteiger partial charge >= 0.3 is 0 Å². The van der Waals surface area contributed by atoms with Crippen LogP contribution in [0, 0.1) is 5.92 Å². The summed E-state index contributed by atoms with van der Waals surface area (Å²) in [7, 11) is -2.86. The van der Waals surface area contributed by atoms with Gasteiger partial charge in [0.15, 0.2) is 15.8 Å². The lowest BCUT2D eigenvalue weighted by atomic mass is 10.1. The van der Waals surface area contributed by atoms with Crippen LogP contribution in [0.1, 0.15) is 25.1 Å². The molecule has 6 nitrogen and oxygen atoms in total. The number of thiophene rings is 1. The normalized spacial score (nSPS) is 22.5. The van der Waals surface area contributed by atoms with Crippen molar-refractivity contribution in [2.24, 2.45) is 10.9 Å². The third-order valence-electron chi connectivity index (χ3n) is 3.83. The molecule has 1 aliphatic rings. The SMILES string of the molecule is CCNC(=NCC(C)(O)c1cccs1)NCC1CCS(=O)(=O)C1.I. The fourth-order valence-corrected chi connectivity index (χ4v) is 5.15. The van der Waals surface area contributed by atoms with E-state index in [0.29, 0.717) is 25.5 Å². The van der Waals surface area contributed by atoms with Gasteiger partial charge in [0, 0.05) is 18.0 Å². The van der Waals surface area contributed by atoms with Crippen molar-refractivity contribution in [2.75, 3.05) is 31.1 Å². The molecule has 2 atom stereocenters. The van der Waals surface area contributed by atoms with E-state index in [9.17, 15) is 13.5 Å². The minimum Gasteiger partial charge on any atom is -0.383 e. The highest BCUT2D eigenvalue weighted by molar-refractivity contribution is 14.0. The second-order valence-electron chi connectivity index (χ2n) is 6.10. The van der Waals surface area contributed by atoms with Crippen LogP contribution in [0.5, 0.6) is 0 Å². The molecule has 0 saturated carbocycles. The smallest absolute Gasteiger partial charge is 0.191 e. The summed E-state index contributed by atoms with van der Waals surface area (Å²) >= 11 is 1.50. The van der Waals surface area contributed by atoms with E-state index in [2.05, 4.69) is 15.6 Å². The monoisotopic (exact) mass is 487 g/mol. The summed E-state index contributed by atoms with van der Waals surface area (Å²) in [5, 5.41) is 18.7. The second-order valence-corrected chi connectivity index (χ2v) is 9.27. The Morgan fingerprint density at radius 1 is 1.50 bits per heavy atom. The fourth-order valence-electron chi connectivity index (χ4n) is 2.51. The van der Waals surface area contributed by atoms with Crippen molar-refractivity contribution in [2.45, 2.75) is 25.9 Å². The van der Waals surface area contributed by atoms with Crippen LogP contribution in [0.4, 0.5) is 0 Å². The molecule has 1 saturated heterocycles. The maximum atomic E-state index is 11.5. The van der Waals surface area contributed by atoms with Gasteiger partial charge in [-0.1, -0.05) is 6.07 Å². The summed E-state index contributed by atoms with van der Waals surface area (Å²) in [5.74, 6) is 1.25. The maximum absolute atomic E-state index is 11.5. The van der Waals surface area contributed by atoms with E-state index in [-0.39, 0.29) is 47.9 Å². The first-order valence-corrected chi connectivity index (χ1v) is 10.5. The molecule has 0 spiro atoms. The molecule has 0 radical (unpaired) electrons. The molecule has 3 N–H and O–H groups in total. The van der Waals surface area contributed by atoms with Gasteiger partial charge in [-0.15, -0.1) is 35.3 Å². The molecular weight excluding hydrogens is 461 g/mol. The van der Waals surface area contributed by atoms with Crippen LogP contribution in [0.2, 0.25) is 0 Å². The van der Waals surface area contributed by atoms with Crippen LogP contribution in [0.15, 0.2) is 22.5 Å². The van der Waals surface area contributed by atoms with E-state index in [1.807, 2.05) is 24.4 Å². The van der Waals surface area contributed by atoms with E-state index < -0.39 is 15.4 Å². The number of rotatable bonds is 6. The molecule has 1 aromatic heterocycles. The number of aliphatic imine (C=N–C) groups is 1. The molecule has 2 rings (SSSR count). The summed E-state index contributed by atoms with van der Waals surface area (Å²) in [6.07, 6.45) is 0.696. The second kappa shape index (κ2) is 9.35. The zero-order chi connectivity index (χ0) is 16.9. The number of hydrogen-bond donors (Lipinski definition) is 3. The summed E-state index contributed by atoms with van der Waals surface area (Å²) in [6, 6.07) is 3.80. The Bertz CT molecular complexity index is 630. The Morgan fingerprint density at radius 3 is 2.79 bits per heavy atom. The molecule has 2 unspecified atom stereocenters. The van der Waals surface area contributed by atoms with E-state index in [4.69, 9.17) is 0 Å². The average molecular weight is 487 g/mol. The first kappa shape index (κ1) is 21.7. The quantitative estimate of drug-likeness (QED) is 0.322. The summed E-state index contributed by atoms with van der Waals surface area (Å²) in [6.45, 7) is 5.23. The number of nitrogens with zero attached hydrogens (tertiary/aromatic N) is 1. The highest BCUT2D eigenvalue weighted by Crippen LogP contribution is 2.25. The Balaban J connectivity index is 0.00000288. The molecule has 0 aromatic carbocycles. The topological polar surface area (TPSA) is 90.8 Å². The van der Waals surface area contributed by atoms with Crippen LogP contribution in [0.3, 0.4) is 0 Å². The van der Waals surface area contributed by atoms with E-state index >= 15 is 0 Å². The van der Waals surface area contributed by atoms with Crippen molar-refractivity contribution < 1.29 is 13.5 Å². The molecule has 0 aliphatic carbocycles. The van der Waals surface area contributed by atoms with Gasteiger partial charge in [0.2, 0.25) is 0 Å². The largest absolute Gasteiger partial charge is 0.383 e. The number of sulfone groups is 1. The molecule has 138 valence electrons. The number of nitrogens with one attached hydrogen (secondary N) is 2. The number of guanidine groups is 1. The van der Waals surface area contributed by atoms with Crippen molar-refractivity contribution in [1.29, 1.82) is 0 Å². The van der Waals surface area contributed by atoms with Gasteiger partial charge in [-0.3, -0.25) is 0 Å². The molecule has 1 aromatic rings. The van der Waals surface area contributed by atoms with Gasteiger partial charge in [-0.2, -0.15) is 0 Å². The minimum atomic E-state index is -2.86. The number of halogens is 1. The van der Waals surface area contributed by atoms with Crippen molar-refractivity contribution in [3.05, 3.63) is 22.4 Å². The average Bonchev–Trinajstić information content (AvgIpc) is 3.12. The molecule has 1 aliphatic heterocycles. The Morgan fingerprint density at radius 2 is 2.25 bits per heavy atom. The molecule has 2 heterocycles. The van der Waals surface area contributed by atoms with Gasteiger partial charge in [0.05, 0.1) is 18.1 Å². The lowest BCUT2D eigenvalue weighted by Crippen LogP contribution is -2.41. The third kappa shape index (κ3) is 6.49. The molecule has 9 heteroatoms. The van der Waals surface area contributed by atoms with Gasteiger partial charge < -0.3 is 15.7 Å². The molecule has 0 amide bonds. The lowest BCUT2D eigenvalue weighted by molar-refractivity contribution is 0.0711. The third-order valence-corrected chi connectivity index (χ3v) is 6.79. The predicted octanol–water partition coefficient (Wildman–Crippen LogP) is 1.56. The lowest BCUT2D eigenvalue weighted by Gasteiger charge is -2.21. The van der Waals surface area contributed by atoms with Crippen molar-refractivity contribution >= 4 is 51.1 Å². The summed E-state index contributed by atoms with van der Waals surface area (Å²) < 4.78 is 23.0. The van der Waals surface area contributed by atoms with Crippen molar-refractivity contribution in [3.63, 3.8) is 0 Å². The van der Waals surface area contributed by atoms with Crippen molar-refractivity contribution in [3.8, 4) is 0 Å². The van der Waals surface area contributed by atoms with E-state index in [1.165, 1.54) is 11.3 Å². The van der Waals surface area contributed by atoms with Crippen LogP contribution >= 0.6 is 35.3 Å². The highest BCUT2D eigenvalue weighted by Gasteiger charge is 2.28. The molecule has 1 fully saturated rings. The first-order chi connectivity index (χ1) is 10.8. The van der Waals surface area contributed by atoms with E-state index in [0.717, 1.165) is 4.88 Å². The van der Waals surface area contributed by atoms with Gasteiger partial charge in [-0.25, -0.2) is 13.4 Å². The van der Waals surface area contributed by atoms with Gasteiger partial charge in [0.1, 0.15) is 5.60 Å². The fraction of sp³-hybridized carbons (Fsp3) is 0.667. The minimum absolute atomic E-state index is 0. The van der Waals surface area contributed by atoms with Crippen LogP contribution in [0.25, 0.3) is 0 Å². The van der Waals surface area contributed by atoms with Gasteiger partial charge in [0.25, 0.3) is 0 Å². The summed E-state index contributed by atoms with van der Waals surface area (Å²) in [4.78, 5) is 5.31. The zero-order valence-electron chi connectivity index (χ0n) is 14.0.